The summed E-state index contributed by atoms with van der Waals surface area (Å²) in [6, 6.07) is 0.920. The molecular formula is C14H28O5Si. The fourth-order valence-corrected chi connectivity index (χ4v) is 3.67. The largest absolute Gasteiger partial charge is 0.462 e. The first-order chi connectivity index (χ1) is 9.51. The Labute approximate surface area is 124 Å². The molecule has 0 aliphatic carbocycles. The highest BCUT2D eigenvalue weighted by Gasteiger charge is 2.31. The van der Waals surface area contributed by atoms with Crippen LogP contribution in [0.2, 0.25) is 6.04 Å². The Kier molecular flexibility index (Phi) is 10.6. The number of rotatable bonds is 12. The van der Waals surface area contributed by atoms with Crippen molar-refractivity contribution in [2.75, 3.05) is 26.4 Å². The zero-order chi connectivity index (χ0) is 15.4. The predicted octanol–water partition coefficient (Wildman–Crippen LogP) is 1.80. The van der Waals surface area contributed by atoms with Gasteiger partial charge in [0.1, 0.15) is 9.52 Å². The lowest BCUT2D eigenvalue weighted by atomic mass is 10.4. The number of carbonyl (C=O) groups excluding carboxylic acids is 1. The number of carbonyl (C=O) groups is 1. The van der Waals surface area contributed by atoms with Crippen molar-refractivity contribution in [1.82, 2.24) is 0 Å². The number of esters is 1. The van der Waals surface area contributed by atoms with E-state index >= 15 is 0 Å². The van der Waals surface area contributed by atoms with E-state index in [1.165, 1.54) is 0 Å². The van der Waals surface area contributed by atoms with Gasteiger partial charge in [-0.2, -0.15) is 0 Å². The molecule has 0 saturated carbocycles. The molecule has 0 spiro atoms. The molecular weight excluding hydrogens is 276 g/mol. The molecule has 0 aliphatic rings. The average molecular weight is 304 g/mol. The lowest BCUT2D eigenvalue weighted by Crippen LogP contribution is -2.45. The standard InChI is InChI=1S/C14H28O5Si/c1-6-17-14(18-7-2,19-8-3)20-11-9-10-16-13(15)12(4)5/h4,6-11,20H2,1-3,5H3. The van der Waals surface area contributed by atoms with Gasteiger partial charge in [0.15, 0.2) is 0 Å². The molecule has 0 aromatic heterocycles. The molecule has 0 fully saturated rings. The van der Waals surface area contributed by atoms with Gasteiger partial charge in [-0.15, -0.1) is 0 Å². The fraction of sp³-hybridized carbons (Fsp3) is 0.786. The Morgan fingerprint density at radius 3 is 2.00 bits per heavy atom. The van der Waals surface area contributed by atoms with Crippen LogP contribution in [0, 0.1) is 0 Å². The van der Waals surface area contributed by atoms with Crippen molar-refractivity contribution in [3.05, 3.63) is 12.2 Å². The quantitative estimate of drug-likeness (QED) is 0.181. The molecule has 0 aliphatic heterocycles. The molecule has 20 heavy (non-hydrogen) atoms. The van der Waals surface area contributed by atoms with Crippen molar-refractivity contribution in [2.45, 2.75) is 45.8 Å². The zero-order valence-electron chi connectivity index (χ0n) is 13.2. The van der Waals surface area contributed by atoms with Crippen LogP contribution in [0.4, 0.5) is 0 Å². The van der Waals surface area contributed by atoms with Gasteiger partial charge >= 0.3 is 5.97 Å². The van der Waals surface area contributed by atoms with Crippen molar-refractivity contribution in [1.29, 1.82) is 0 Å². The minimum Gasteiger partial charge on any atom is -0.462 e. The molecule has 5 nitrogen and oxygen atoms in total. The second-order valence-corrected chi connectivity index (χ2v) is 6.43. The molecule has 0 N–H and O–H groups in total. The van der Waals surface area contributed by atoms with E-state index in [2.05, 4.69) is 6.58 Å². The molecule has 0 bridgehead atoms. The summed E-state index contributed by atoms with van der Waals surface area (Å²) in [6.45, 7) is 13.0. The van der Waals surface area contributed by atoms with Crippen molar-refractivity contribution in [3.63, 3.8) is 0 Å². The highest BCUT2D eigenvalue weighted by molar-refractivity contribution is 6.38. The molecule has 0 atom stereocenters. The third kappa shape index (κ3) is 7.79. The number of ether oxygens (including phenoxy) is 4. The maximum absolute atomic E-state index is 11.2. The van der Waals surface area contributed by atoms with Crippen molar-refractivity contribution < 1.29 is 23.7 Å². The smallest absolute Gasteiger partial charge is 0.333 e. The van der Waals surface area contributed by atoms with Gasteiger partial charge in [-0.25, -0.2) is 4.79 Å². The first kappa shape index (κ1) is 19.3. The molecule has 6 heteroatoms. The molecule has 0 unspecified atom stereocenters. The summed E-state index contributed by atoms with van der Waals surface area (Å²) in [7, 11) is -0.759. The molecule has 0 saturated heterocycles. The average Bonchev–Trinajstić information content (AvgIpc) is 2.39. The summed E-state index contributed by atoms with van der Waals surface area (Å²) >= 11 is 0. The van der Waals surface area contributed by atoms with Gasteiger partial charge < -0.3 is 18.9 Å². The second-order valence-electron chi connectivity index (χ2n) is 4.36. The third-order valence-corrected chi connectivity index (χ3v) is 4.63. The van der Waals surface area contributed by atoms with Gasteiger partial charge in [-0.3, -0.25) is 0 Å². The monoisotopic (exact) mass is 304 g/mol. The number of hydrogen-bond acceptors (Lipinski definition) is 5. The lowest BCUT2D eigenvalue weighted by Gasteiger charge is -2.32. The molecule has 0 amide bonds. The molecule has 0 radical (unpaired) electrons. The summed E-state index contributed by atoms with van der Waals surface area (Å²) in [4.78, 5) is 11.2. The Morgan fingerprint density at radius 1 is 1.10 bits per heavy atom. The van der Waals surface area contributed by atoms with Crippen LogP contribution in [-0.4, -0.2) is 47.5 Å². The highest BCUT2D eigenvalue weighted by atomic mass is 28.2. The van der Waals surface area contributed by atoms with Gasteiger partial charge in [-0.1, -0.05) is 12.6 Å². The van der Waals surface area contributed by atoms with Gasteiger partial charge in [0, 0.05) is 25.4 Å². The first-order valence-corrected chi connectivity index (χ1v) is 8.96. The fourth-order valence-electron chi connectivity index (χ4n) is 1.73. The Hall–Kier alpha value is -0.693. The molecule has 0 rings (SSSR count). The van der Waals surface area contributed by atoms with E-state index in [0.29, 0.717) is 32.0 Å². The van der Waals surface area contributed by atoms with E-state index in [-0.39, 0.29) is 5.97 Å². The number of hydrogen-bond donors (Lipinski definition) is 0. The van der Waals surface area contributed by atoms with E-state index in [4.69, 9.17) is 18.9 Å². The van der Waals surface area contributed by atoms with Crippen molar-refractivity contribution in [2.24, 2.45) is 0 Å². The van der Waals surface area contributed by atoms with Crippen LogP contribution in [0.15, 0.2) is 12.2 Å². The summed E-state index contributed by atoms with van der Waals surface area (Å²) in [5.41, 5.74) is -0.411. The van der Waals surface area contributed by atoms with E-state index < -0.39 is 15.1 Å². The second kappa shape index (κ2) is 11.0. The topological polar surface area (TPSA) is 54.0 Å². The molecule has 0 aromatic carbocycles. The maximum Gasteiger partial charge on any atom is 0.333 e. The van der Waals surface area contributed by atoms with Crippen LogP contribution in [0.1, 0.15) is 34.1 Å². The summed E-state index contributed by atoms with van der Waals surface area (Å²) in [5.74, 6) is -0.336. The summed E-state index contributed by atoms with van der Waals surface area (Å²) in [5, 5.41) is 0. The first-order valence-electron chi connectivity index (χ1n) is 7.25. The Bertz CT molecular complexity index is 276. The van der Waals surface area contributed by atoms with Crippen LogP contribution >= 0.6 is 0 Å². The SMILES string of the molecule is C=C(C)C(=O)OCCC[SiH2]C(OCC)(OCC)OCC. The molecule has 118 valence electrons. The van der Waals surface area contributed by atoms with Crippen LogP contribution in [0.5, 0.6) is 0 Å². The minimum absolute atomic E-state index is 0.336. The summed E-state index contributed by atoms with van der Waals surface area (Å²) < 4.78 is 22.1. The van der Waals surface area contributed by atoms with Gasteiger partial charge in [0.25, 0.3) is 0 Å². The van der Waals surface area contributed by atoms with Crippen molar-refractivity contribution >= 4 is 15.5 Å². The van der Waals surface area contributed by atoms with E-state index in [1.807, 2.05) is 20.8 Å². The molecule has 0 heterocycles. The van der Waals surface area contributed by atoms with Crippen molar-refractivity contribution in [3.8, 4) is 0 Å². The summed E-state index contributed by atoms with van der Waals surface area (Å²) in [6.07, 6.45) is 0.792. The van der Waals surface area contributed by atoms with Gasteiger partial charge in [0.2, 0.25) is 5.60 Å². The van der Waals surface area contributed by atoms with Crippen LogP contribution in [0.3, 0.4) is 0 Å². The lowest BCUT2D eigenvalue weighted by molar-refractivity contribution is -0.323. The molecule has 0 aromatic rings. The Balaban J connectivity index is 4.12. The third-order valence-electron chi connectivity index (χ3n) is 2.55. The zero-order valence-corrected chi connectivity index (χ0v) is 14.6. The van der Waals surface area contributed by atoms with Crippen LogP contribution in [-0.2, 0) is 23.7 Å². The normalized spacial score (nSPS) is 12.0. The van der Waals surface area contributed by atoms with E-state index in [9.17, 15) is 4.79 Å². The van der Waals surface area contributed by atoms with Gasteiger partial charge in [0.05, 0.1) is 6.61 Å². The highest BCUT2D eigenvalue weighted by Crippen LogP contribution is 2.16. The maximum atomic E-state index is 11.2. The predicted molar refractivity (Wildman–Crippen MR) is 81.4 cm³/mol. The minimum atomic E-state index is -0.837. The Morgan fingerprint density at radius 2 is 1.60 bits per heavy atom. The van der Waals surface area contributed by atoms with Crippen LogP contribution < -0.4 is 0 Å². The van der Waals surface area contributed by atoms with E-state index in [1.54, 1.807) is 6.92 Å². The van der Waals surface area contributed by atoms with E-state index in [0.717, 1.165) is 12.5 Å². The van der Waals surface area contributed by atoms with Gasteiger partial charge in [-0.05, 0) is 34.1 Å². The van der Waals surface area contributed by atoms with Crippen LogP contribution in [0.25, 0.3) is 0 Å².